The van der Waals surface area contributed by atoms with E-state index < -0.39 is 0 Å². The number of aryl methyl sites for hydroxylation is 1. The van der Waals surface area contributed by atoms with Gasteiger partial charge in [0.1, 0.15) is 0 Å². The zero-order valence-electron chi connectivity index (χ0n) is 10.2. The lowest BCUT2D eigenvalue weighted by Gasteiger charge is -2.05. The molecule has 2 aromatic rings. The highest BCUT2D eigenvalue weighted by Gasteiger charge is 2.13. The number of anilines is 1. The minimum atomic E-state index is -0.273. The number of hydrogen-bond donors (Lipinski definition) is 2. The van der Waals surface area contributed by atoms with Crippen molar-refractivity contribution in [3.05, 3.63) is 34.8 Å². The van der Waals surface area contributed by atoms with E-state index in [0.29, 0.717) is 17.7 Å². The number of carbonyl (C=O) groups excluding carboxylic acids is 1. The summed E-state index contributed by atoms with van der Waals surface area (Å²) in [5, 5.41) is 15.9. The number of carbonyl (C=O) groups is 1. The van der Waals surface area contributed by atoms with Crippen molar-refractivity contribution >= 4 is 23.3 Å². The molecule has 19 heavy (non-hydrogen) atoms. The Balaban J connectivity index is 1.94. The molecule has 0 saturated carbocycles. The van der Waals surface area contributed by atoms with E-state index in [1.807, 2.05) is 0 Å². The summed E-state index contributed by atoms with van der Waals surface area (Å²) in [4.78, 5) is 15.6. The Morgan fingerprint density at radius 2 is 2.37 bits per heavy atom. The van der Waals surface area contributed by atoms with Crippen LogP contribution in [0.4, 0.5) is 5.82 Å². The molecule has 0 radical (unpaired) electrons. The molecule has 7 heteroatoms. The molecule has 0 aliphatic heterocycles. The van der Waals surface area contributed by atoms with Gasteiger partial charge in [-0.25, -0.2) is 4.98 Å². The molecule has 0 aliphatic rings. The van der Waals surface area contributed by atoms with Gasteiger partial charge in [-0.1, -0.05) is 5.16 Å². The van der Waals surface area contributed by atoms with E-state index in [2.05, 4.69) is 15.5 Å². The minimum Gasteiger partial charge on any atom is -0.504 e. The largest absolute Gasteiger partial charge is 0.504 e. The van der Waals surface area contributed by atoms with Gasteiger partial charge in [-0.05, 0) is 37.1 Å². The van der Waals surface area contributed by atoms with Crippen molar-refractivity contribution in [2.75, 3.05) is 5.32 Å². The van der Waals surface area contributed by atoms with Gasteiger partial charge in [-0.15, -0.1) is 0 Å². The standard InChI is InChI=1S/C12H12ClN3O3/c1-7-8(11(13)19-16-7)4-5-10(18)15-12-9(17)3-2-6-14-12/h2-3,6,17H,4-5H2,1H3,(H,14,15,18). The Bertz CT molecular complexity index is 578. The number of halogens is 1. The Hall–Kier alpha value is -2.08. The number of aromatic hydroxyl groups is 1. The maximum atomic E-state index is 11.7. The van der Waals surface area contributed by atoms with Crippen molar-refractivity contribution in [2.24, 2.45) is 0 Å². The third kappa shape index (κ3) is 3.23. The smallest absolute Gasteiger partial charge is 0.229 e. The highest BCUT2D eigenvalue weighted by molar-refractivity contribution is 6.29. The summed E-state index contributed by atoms with van der Waals surface area (Å²) in [7, 11) is 0. The van der Waals surface area contributed by atoms with E-state index in [-0.39, 0.29) is 29.1 Å². The van der Waals surface area contributed by atoms with Crippen molar-refractivity contribution in [3.8, 4) is 5.75 Å². The van der Waals surface area contributed by atoms with E-state index in [0.717, 1.165) is 0 Å². The molecular formula is C12H12ClN3O3. The van der Waals surface area contributed by atoms with Crippen LogP contribution in [-0.2, 0) is 11.2 Å². The first-order valence-corrected chi connectivity index (χ1v) is 6.00. The van der Waals surface area contributed by atoms with Crippen LogP contribution in [0.1, 0.15) is 17.7 Å². The van der Waals surface area contributed by atoms with E-state index in [1.165, 1.54) is 12.3 Å². The van der Waals surface area contributed by atoms with Gasteiger partial charge in [0.2, 0.25) is 11.1 Å². The second-order valence-electron chi connectivity index (χ2n) is 3.94. The molecule has 0 atom stereocenters. The number of nitrogens with zero attached hydrogens (tertiary/aromatic N) is 2. The first-order valence-electron chi connectivity index (χ1n) is 5.62. The molecule has 2 aromatic heterocycles. The van der Waals surface area contributed by atoms with Gasteiger partial charge in [0.05, 0.1) is 5.69 Å². The molecular weight excluding hydrogens is 270 g/mol. The number of rotatable bonds is 4. The molecule has 0 bridgehead atoms. The maximum Gasteiger partial charge on any atom is 0.229 e. The van der Waals surface area contributed by atoms with Gasteiger partial charge >= 0.3 is 0 Å². The van der Waals surface area contributed by atoms with Gasteiger partial charge in [-0.3, -0.25) is 4.79 Å². The Labute approximate surface area is 114 Å². The predicted octanol–water partition coefficient (Wildman–Crippen LogP) is 2.31. The molecule has 2 heterocycles. The first kappa shape index (κ1) is 13.4. The molecule has 0 aliphatic carbocycles. The van der Waals surface area contributed by atoms with Gasteiger partial charge in [0.25, 0.3) is 0 Å². The SMILES string of the molecule is Cc1noc(Cl)c1CCC(=O)Nc1ncccc1O. The van der Waals surface area contributed by atoms with Crippen molar-refractivity contribution < 1.29 is 14.4 Å². The van der Waals surface area contributed by atoms with E-state index in [4.69, 9.17) is 16.1 Å². The number of amides is 1. The maximum absolute atomic E-state index is 11.7. The number of nitrogens with one attached hydrogen (secondary N) is 1. The molecule has 0 unspecified atom stereocenters. The second-order valence-corrected chi connectivity index (χ2v) is 4.28. The van der Waals surface area contributed by atoms with Crippen LogP contribution in [0, 0.1) is 6.92 Å². The van der Waals surface area contributed by atoms with Crippen LogP contribution in [0.2, 0.25) is 5.22 Å². The van der Waals surface area contributed by atoms with E-state index >= 15 is 0 Å². The van der Waals surface area contributed by atoms with Gasteiger partial charge in [0, 0.05) is 18.2 Å². The topological polar surface area (TPSA) is 88.3 Å². The number of hydrogen-bond acceptors (Lipinski definition) is 5. The summed E-state index contributed by atoms with van der Waals surface area (Å²) in [6, 6.07) is 3.02. The van der Waals surface area contributed by atoms with Crippen LogP contribution in [0.3, 0.4) is 0 Å². The summed E-state index contributed by atoms with van der Waals surface area (Å²) in [5.41, 5.74) is 1.38. The lowest BCUT2D eigenvalue weighted by Crippen LogP contribution is -2.13. The Kier molecular flexibility index (Phi) is 4.01. The Morgan fingerprint density at radius 1 is 1.58 bits per heavy atom. The van der Waals surface area contributed by atoms with Crippen LogP contribution < -0.4 is 5.32 Å². The first-order chi connectivity index (χ1) is 9.08. The van der Waals surface area contributed by atoms with E-state index in [1.54, 1.807) is 13.0 Å². The summed E-state index contributed by atoms with van der Waals surface area (Å²) < 4.78 is 4.80. The monoisotopic (exact) mass is 281 g/mol. The quantitative estimate of drug-likeness (QED) is 0.898. The average molecular weight is 282 g/mol. The molecule has 2 rings (SSSR count). The van der Waals surface area contributed by atoms with Crippen LogP contribution >= 0.6 is 11.6 Å². The van der Waals surface area contributed by atoms with Gasteiger partial charge in [-0.2, -0.15) is 0 Å². The highest BCUT2D eigenvalue weighted by Crippen LogP contribution is 2.22. The molecule has 0 aromatic carbocycles. The number of aromatic nitrogens is 2. The molecule has 0 fully saturated rings. The summed E-state index contributed by atoms with van der Waals surface area (Å²) in [6.45, 7) is 1.76. The zero-order valence-corrected chi connectivity index (χ0v) is 10.9. The number of pyridine rings is 1. The fourth-order valence-electron chi connectivity index (χ4n) is 1.57. The molecule has 100 valence electrons. The van der Waals surface area contributed by atoms with Crippen LogP contribution in [0.15, 0.2) is 22.9 Å². The van der Waals surface area contributed by atoms with Crippen molar-refractivity contribution in [3.63, 3.8) is 0 Å². The third-order valence-corrected chi connectivity index (χ3v) is 2.88. The summed E-state index contributed by atoms with van der Waals surface area (Å²) in [5.74, 6) is -0.207. The van der Waals surface area contributed by atoms with Crippen LogP contribution in [0.5, 0.6) is 5.75 Å². The third-order valence-electron chi connectivity index (χ3n) is 2.58. The van der Waals surface area contributed by atoms with Crippen LogP contribution in [-0.4, -0.2) is 21.2 Å². The molecule has 0 saturated heterocycles. The molecule has 2 N–H and O–H groups in total. The van der Waals surface area contributed by atoms with Crippen molar-refractivity contribution in [1.82, 2.24) is 10.1 Å². The second kappa shape index (κ2) is 5.71. The summed E-state index contributed by atoms with van der Waals surface area (Å²) in [6.07, 6.45) is 2.09. The van der Waals surface area contributed by atoms with Crippen LogP contribution in [0.25, 0.3) is 0 Å². The lowest BCUT2D eigenvalue weighted by molar-refractivity contribution is -0.116. The molecule has 1 amide bonds. The molecule has 6 nitrogen and oxygen atoms in total. The van der Waals surface area contributed by atoms with Crippen molar-refractivity contribution in [2.45, 2.75) is 19.8 Å². The normalized spacial score (nSPS) is 10.4. The highest BCUT2D eigenvalue weighted by atomic mass is 35.5. The summed E-state index contributed by atoms with van der Waals surface area (Å²) >= 11 is 5.80. The fraction of sp³-hybridized carbons (Fsp3) is 0.250. The lowest BCUT2D eigenvalue weighted by atomic mass is 10.1. The predicted molar refractivity (Wildman–Crippen MR) is 69.1 cm³/mol. The van der Waals surface area contributed by atoms with Gasteiger partial charge < -0.3 is 14.9 Å². The van der Waals surface area contributed by atoms with Gasteiger partial charge in [0.15, 0.2) is 11.6 Å². The average Bonchev–Trinajstić information content (AvgIpc) is 2.70. The fourth-order valence-corrected chi connectivity index (χ4v) is 1.83. The zero-order chi connectivity index (χ0) is 13.8. The van der Waals surface area contributed by atoms with E-state index in [9.17, 15) is 9.90 Å². The minimum absolute atomic E-state index is 0.0740. The van der Waals surface area contributed by atoms with Crippen molar-refractivity contribution in [1.29, 1.82) is 0 Å². The Morgan fingerprint density at radius 3 is 3.00 bits per heavy atom. The molecule has 0 spiro atoms.